The van der Waals surface area contributed by atoms with Crippen LogP contribution in [0, 0.1) is 17.2 Å². The molecule has 2 aromatic rings. The quantitative estimate of drug-likeness (QED) is 0.509. The number of rotatable bonds is 7. The third kappa shape index (κ3) is 4.57. The number of nitriles is 1. The summed E-state index contributed by atoms with van der Waals surface area (Å²) in [5.41, 5.74) is 1.52. The van der Waals surface area contributed by atoms with E-state index >= 15 is 0 Å². The van der Waals surface area contributed by atoms with Gasteiger partial charge in [0.05, 0.1) is 29.6 Å². The number of hydrogen-bond acceptors (Lipinski definition) is 8. The summed E-state index contributed by atoms with van der Waals surface area (Å²) in [5.74, 6) is -1.78. The van der Waals surface area contributed by atoms with Gasteiger partial charge in [-0.05, 0) is 31.9 Å². The van der Waals surface area contributed by atoms with Crippen LogP contribution in [0.1, 0.15) is 31.4 Å². The molecule has 1 fully saturated rings. The van der Waals surface area contributed by atoms with Crippen LogP contribution in [0.4, 0.5) is 5.82 Å². The summed E-state index contributed by atoms with van der Waals surface area (Å²) in [7, 11) is 0. The summed E-state index contributed by atoms with van der Waals surface area (Å²) >= 11 is 0. The van der Waals surface area contributed by atoms with E-state index in [1.54, 1.807) is 13.0 Å². The number of benzene rings is 1. The number of fused-ring (bicyclic) bond motifs is 1. The molecule has 1 saturated heterocycles. The number of para-hydroxylation sites is 2. The molecule has 0 radical (unpaired) electrons. The predicted molar refractivity (Wildman–Crippen MR) is 111 cm³/mol. The lowest BCUT2D eigenvalue weighted by molar-refractivity contribution is -0.148. The van der Waals surface area contributed by atoms with Gasteiger partial charge in [0.25, 0.3) is 0 Å². The molecule has 1 aromatic carbocycles. The Kier molecular flexibility index (Phi) is 6.96. The number of nitrogens with zero attached hydrogens (tertiary/aromatic N) is 4. The highest BCUT2D eigenvalue weighted by atomic mass is 16.5. The summed E-state index contributed by atoms with van der Waals surface area (Å²) in [4.78, 5) is 35.8. The molecule has 0 amide bonds. The molecule has 156 valence electrons. The second-order valence-electron chi connectivity index (χ2n) is 6.92. The van der Waals surface area contributed by atoms with Crippen LogP contribution < -0.4 is 4.90 Å². The summed E-state index contributed by atoms with van der Waals surface area (Å²) < 4.78 is 10.2. The van der Waals surface area contributed by atoms with E-state index in [2.05, 4.69) is 11.6 Å². The number of hydrogen-bond donors (Lipinski definition) is 0. The molecule has 8 heteroatoms. The Hall–Kier alpha value is -3.47. The molecule has 1 atom stereocenters. The Balaban J connectivity index is 1.94. The molecule has 0 bridgehead atoms. The molecule has 0 spiro atoms. The Labute approximate surface area is 175 Å². The van der Waals surface area contributed by atoms with Crippen molar-refractivity contribution in [2.24, 2.45) is 5.92 Å². The second-order valence-corrected chi connectivity index (χ2v) is 6.92. The maximum Gasteiger partial charge on any atom is 0.330 e. The summed E-state index contributed by atoms with van der Waals surface area (Å²) in [6, 6.07) is 9.30. The monoisotopic (exact) mass is 408 g/mol. The van der Waals surface area contributed by atoms with Gasteiger partial charge in [-0.3, -0.25) is 9.59 Å². The third-order valence-corrected chi connectivity index (χ3v) is 4.97. The van der Waals surface area contributed by atoms with E-state index in [9.17, 15) is 14.9 Å². The van der Waals surface area contributed by atoms with Gasteiger partial charge in [-0.15, -0.1) is 0 Å². The van der Waals surface area contributed by atoms with E-state index in [1.165, 1.54) is 6.08 Å². The predicted octanol–water partition coefficient (Wildman–Crippen LogP) is 2.75. The van der Waals surface area contributed by atoms with Crippen molar-refractivity contribution in [1.29, 1.82) is 5.26 Å². The van der Waals surface area contributed by atoms with Gasteiger partial charge in [0.1, 0.15) is 12.3 Å². The van der Waals surface area contributed by atoms with E-state index in [0.29, 0.717) is 49.4 Å². The van der Waals surface area contributed by atoms with Gasteiger partial charge in [-0.2, -0.15) is 5.26 Å². The Morgan fingerprint density at radius 2 is 1.93 bits per heavy atom. The molecule has 30 heavy (non-hydrogen) atoms. The van der Waals surface area contributed by atoms with Gasteiger partial charge in [0.15, 0.2) is 11.7 Å². The van der Waals surface area contributed by atoms with Crippen LogP contribution in [-0.2, 0) is 19.1 Å². The second kappa shape index (κ2) is 9.83. The normalized spacial score (nSPS) is 15.3. The number of carbonyl (C=O) groups excluding carboxylic acids is 2. The molecule has 0 unspecified atom stereocenters. The van der Waals surface area contributed by atoms with Crippen molar-refractivity contribution in [3.63, 3.8) is 0 Å². The highest BCUT2D eigenvalue weighted by molar-refractivity contribution is 5.85. The van der Waals surface area contributed by atoms with Crippen LogP contribution in [0.25, 0.3) is 11.0 Å². The van der Waals surface area contributed by atoms with Crippen LogP contribution >= 0.6 is 0 Å². The fourth-order valence-corrected chi connectivity index (χ4v) is 3.47. The van der Waals surface area contributed by atoms with Gasteiger partial charge in [0, 0.05) is 13.1 Å². The number of aromatic nitrogens is 2. The standard InChI is InChI=1S/C22H24N4O4/c1-3-13-30-22(28)16(14-23)19-20(25-18-8-6-5-7-17(18)24-19)26-11-9-15(10-12-26)21(27)29-4-2/h3,5-8,15-16H,1,4,9-13H2,2H3/t16-/m0/s1. The SMILES string of the molecule is C=CCOC(=O)[C@@H](C#N)c1nc2ccccc2nc1N1CCC(C(=O)OCC)CC1. The van der Waals surface area contributed by atoms with E-state index < -0.39 is 11.9 Å². The van der Waals surface area contributed by atoms with Gasteiger partial charge >= 0.3 is 11.9 Å². The van der Waals surface area contributed by atoms with Gasteiger partial charge < -0.3 is 14.4 Å². The van der Waals surface area contributed by atoms with Crippen LogP contribution in [-0.4, -0.2) is 48.2 Å². The average Bonchev–Trinajstić information content (AvgIpc) is 2.78. The lowest BCUT2D eigenvalue weighted by Crippen LogP contribution is -2.38. The van der Waals surface area contributed by atoms with Crippen LogP contribution in [0.15, 0.2) is 36.9 Å². The van der Waals surface area contributed by atoms with Crippen molar-refractivity contribution >= 4 is 28.8 Å². The fraction of sp³-hybridized carbons (Fsp3) is 0.409. The first kappa shape index (κ1) is 21.2. The van der Waals surface area contributed by atoms with Crippen LogP contribution in [0.2, 0.25) is 0 Å². The van der Waals surface area contributed by atoms with Crippen molar-refractivity contribution in [3.8, 4) is 6.07 Å². The minimum atomic E-state index is -1.21. The number of ether oxygens (including phenoxy) is 2. The Morgan fingerprint density at radius 3 is 2.53 bits per heavy atom. The zero-order valence-corrected chi connectivity index (χ0v) is 16.9. The highest BCUT2D eigenvalue weighted by Gasteiger charge is 2.33. The molecule has 1 aliphatic heterocycles. The van der Waals surface area contributed by atoms with Crippen molar-refractivity contribution in [2.75, 3.05) is 31.2 Å². The first-order chi connectivity index (χ1) is 14.6. The Morgan fingerprint density at radius 1 is 1.27 bits per heavy atom. The molecule has 2 heterocycles. The van der Waals surface area contributed by atoms with Crippen LogP contribution in [0.5, 0.6) is 0 Å². The molecule has 1 aliphatic rings. The minimum absolute atomic E-state index is 0.0122. The topological polar surface area (TPSA) is 105 Å². The van der Waals surface area contributed by atoms with E-state index in [0.717, 1.165) is 0 Å². The van der Waals surface area contributed by atoms with Crippen LogP contribution in [0.3, 0.4) is 0 Å². The third-order valence-electron chi connectivity index (χ3n) is 4.97. The molecule has 8 nitrogen and oxygen atoms in total. The summed E-state index contributed by atoms with van der Waals surface area (Å²) in [6.45, 7) is 6.77. The Bertz CT molecular complexity index is 977. The number of anilines is 1. The molecular weight excluding hydrogens is 384 g/mol. The molecular formula is C22H24N4O4. The molecule has 0 aliphatic carbocycles. The smallest absolute Gasteiger partial charge is 0.330 e. The highest BCUT2D eigenvalue weighted by Crippen LogP contribution is 2.31. The number of esters is 2. The van der Waals surface area contributed by atoms with E-state index in [4.69, 9.17) is 14.5 Å². The zero-order valence-electron chi connectivity index (χ0n) is 16.9. The van der Waals surface area contributed by atoms with Crippen molar-refractivity contribution in [2.45, 2.75) is 25.7 Å². The first-order valence-electron chi connectivity index (χ1n) is 9.94. The zero-order chi connectivity index (χ0) is 21.5. The van der Waals surface area contributed by atoms with Gasteiger partial charge in [0.2, 0.25) is 0 Å². The lowest BCUT2D eigenvalue weighted by Gasteiger charge is -2.33. The maximum atomic E-state index is 12.5. The van der Waals surface area contributed by atoms with Crippen molar-refractivity contribution in [3.05, 3.63) is 42.6 Å². The summed E-state index contributed by atoms with van der Waals surface area (Å²) in [6.07, 6.45) is 2.65. The van der Waals surface area contributed by atoms with Gasteiger partial charge in [-0.1, -0.05) is 24.8 Å². The average molecular weight is 408 g/mol. The molecule has 1 aromatic heterocycles. The first-order valence-corrected chi connectivity index (χ1v) is 9.94. The molecule has 0 N–H and O–H groups in total. The number of piperidine rings is 1. The molecule has 0 saturated carbocycles. The fourth-order valence-electron chi connectivity index (χ4n) is 3.47. The van der Waals surface area contributed by atoms with Gasteiger partial charge in [-0.25, -0.2) is 9.97 Å². The minimum Gasteiger partial charge on any atom is -0.466 e. The maximum absolute atomic E-state index is 12.5. The van der Waals surface area contributed by atoms with E-state index in [1.807, 2.05) is 29.2 Å². The van der Waals surface area contributed by atoms with E-state index in [-0.39, 0.29) is 24.2 Å². The number of carbonyl (C=O) groups is 2. The van der Waals surface area contributed by atoms with Crippen molar-refractivity contribution in [1.82, 2.24) is 9.97 Å². The van der Waals surface area contributed by atoms with Crippen molar-refractivity contribution < 1.29 is 19.1 Å². The summed E-state index contributed by atoms with van der Waals surface area (Å²) in [5, 5.41) is 9.69. The largest absolute Gasteiger partial charge is 0.466 e. The lowest BCUT2D eigenvalue weighted by atomic mass is 9.96. The molecule has 3 rings (SSSR count).